The maximum atomic E-state index is 3.11. The van der Waals surface area contributed by atoms with Crippen LogP contribution in [0.4, 0.5) is 0 Å². The van der Waals surface area contributed by atoms with E-state index in [-0.39, 0.29) is 52.4 Å². The van der Waals surface area contributed by atoms with E-state index < -0.39 is 0 Å². The second kappa shape index (κ2) is 57.0. The van der Waals surface area contributed by atoms with Crippen molar-refractivity contribution in [2.75, 3.05) is 52.4 Å². The fourth-order valence-electron chi connectivity index (χ4n) is 1.000. The van der Waals surface area contributed by atoms with Crippen molar-refractivity contribution >= 4 is 0 Å². The maximum Gasteiger partial charge on any atom is 0 e. The predicted octanol–water partition coefficient (Wildman–Crippen LogP) is 2.46. The van der Waals surface area contributed by atoms with Crippen LogP contribution in [0, 0.1) is 0 Å². The van der Waals surface area contributed by atoms with Gasteiger partial charge < -0.3 is 21.3 Å². The van der Waals surface area contributed by atoms with Crippen LogP contribution in [-0.4, -0.2) is 52.4 Å². The van der Waals surface area contributed by atoms with Crippen LogP contribution in [0.2, 0.25) is 0 Å². The number of hydrogen-bond acceptors (Lipinski definition) is 4. The molecule has 6 heteroatoms. The summed E-state index contributed by atoms with van der Waals surface area (Å²) < 4.78 is 0. The minimum Gasteiger partial charge on any atom is -0.317 e. The van der Waals surface area contributed by atoms with Crippen molar-refractivity contribution in [1.29, 1.82) is 0 Å². The molecule has 22 heavy (non-hydrogen) atoms. The SMILES string of the molecule is CCNCC.CCNCC.CCNCC.CCNCC.[Zr].[Zr]. The van der Waals surface area contributed by atoms with E-state index in [1.807, 2.05) is 0 Å². The molecule has 0 amide bonds. The zero-order valence-electron chi connectivity index (χ0n) is 16.7. The summed E-state index contributed by atoms with van der Waals surface area (Å²) in [6.45, 7) is 25.6. The minimum atomic E-state index is 0. The molecule has 4 nitrogen and oxygen atoms in total. The van der Waals surface area contributed by atoms with Gasteiger partial charge in [-0.2, -0.15) is 0 Å². The summed E-state index contributed by atoms with van der Waals surface area (Å²) in [5.41, 5.74) is 0. The molecule has 0 saturated heterocycles. The van der Waals surface area contributed by atoms with Crippen LogP contribution in [0.5, 0.6) is 0 Å². The molecule has 4 N–H and O–H groups in total. The molecule has 136 valence electrons. The molecule has 0 fully saturated rings. The molecule has 0 aromatic carbocycles. The predicted molar refractivity (Wildman–Crippen MR) is 96.9 cm³/mol. The number of hydrogen-bond donors (Lipinski definition) is 4. The van der Waals surface area contributed by atoms with Crippen molar-refractivity contribution < 1.29 is 52.4 Å². The van der Waals surface area contributed by atoms with Crippen LogP contribution < -0.4 is 21.3 Å². The van der Waals surface area contributed by atoms with E-state index in [1.54, 1.807) is 0 Å². The zero-order valence-corrected chi connectivity index (χ0v) is 21.6. The Morgan fingerprint density at radius 1 is 0.318 bits per heavy atom. The number of nitrogens with one attached hydrogen (secondary N) is 4. The van der Waals surface area contributed by atoms with Crippen molar-refractivity contribution in [2.24, 2.45) is 0 Å². The van der Waals surface area contributed by atoms with Crippen LogP contribution in [0.25, 0.3) is 0 Å². The first-order valence-electron chi connectivity index (χ1n) is 8.49. The Labute approximate surface area is 180 Å². The molecule has 0 bridgehead atoms. The first kappa shape index (κ1) is 38.9. The third kappa shape index (κ3) is 99.4. The van der Waals surface area contributed by atoms with Gasteiger partial charge in [0, 0.05) is 52.4 Å². The van der Waals surface area contributed by atoms with Gasteiger partial charge in [-0.15, -0.1) is 0 Å². The maximum absolute atomic E-state index is 3.11. The molecule has 0 aliphatic rings. The van der Waals surface area contributed by atoms with Crippen molar-refractivity contribution in [3.8, 4) is 0 Å². The molecule has 0 spiro atoms. The van der Waals surface area contributed by atoms with Crippen LogP contribution in [0.15, 0.2) is 0 Å². The van der Waals surface area contributed by atoms with E-state index in [9.17, 15) is 0 Å². The van der Waals surface area contributed by atoms with Crippen molar-refractivity contribution in [3.05, 3.63) is 0 Å². The topological polar surface area (TPSA) is 48.1 Å². The molecule has 0 unspecified atom stereocenters. The van der Waals surface area contributed by atoms with Crippen LogP contribution in [0.3, 0.4) is 0 Å². The molecular formula is C16H44N4Zr2. The van der Waals surface area contributed by atoms with E-state index in [0.717, 1.165) is 52.4 Å². The van der Waals surface area contributed by atoms with Crippen LogP contribution in [-0.2, 0) is 52.4 Å². The normalized spacial score (nSPS) is 7.64. The monoisotopic (exact) mass is 472 g/mol. The molecule has 0 saturated carbocycles. The summed E-state index contributed by atoms with van der Waals surface area (Å²) in [7, 11) is 0. The Bertz CT molecular complexity index is 78.1. The third-order valence-electron chi connectivity index (χ3n) is 2.00. The van der Waals surface area contributed by atoms with Crippen molar-refractivity contribution in [3.63, 3.8) is 0 Å². The van der Waals surface area contributed by atoms with Crippen LogP contribution in [0.1, 0.15) is 55.4 Å². The fourth-order valence-corrected chi connectivity index (χ4v) is 1.000. The van der Waals surface area contributed by atoms with Gasteiger partial charge in [-0.1, -0.05) is 55.4 Å². The van der Waals surface area contributed by atoms with E-state index in [2.05, 4.69) is 76.7 Å². The van der Waals surface area contributed by atoms with Gasteiger partial charge >= 0.3 is 0 Å². The Hall–Kier alpha value is 1.61. The van der Waals surface area contributed by atoms with Gasteiger partial charge in [0.15, 0.2) is 0 Å². The van der Waals surface area contributed by atoms with E-state index in [1.165, 1.54) is 0 Å². The third-order valence-corrected chi connectivity index (χ3v) is 2.00. The van der Waals surface area contributed by atoms with Gasteiger partial charge in [-0.05, 0) is 52.4 Å². The Kier molecular flexibility index (Phi) is 101. The summed E-state index contributed by atoms with van der Waals surface area (Å²) in [5, 5.41) is 12.4. The van der Waals surface area contributed by atoms with Gasteiger partial charge in [0.05, 0.1) is 0 Å². The van der Waals surface area contributed by atoms with Gasteiger partial charge in [0.2, 0.25) is 0 Å². The van der Waals surface area contributed by atoms with Crippen molar-refractivity contribution in [2.45, 2.75) is 55.4 Å². The molecule has 0 aliphatic heterocycles. The Balaban J connectivity index is -0.0000000376. The second-order valence-corrected chi connectivity index (χ2v) is 3.83. The summed E-state index contributed by atoms with van der Waals surface area (Å²) in [6, 6.07) is 0. The average Bonchev–Trinajstić information content (AvgIpc) is 2.44. The standard InChI is InChI=1S/4C4H11N.2Zr/c4*1-3-5-4-2;;/h4*5H,3-4H2,1-2H3;;. The van der Waals surface area contributed by atoms with Gasteiger partial charge in [0.25, 0.3) is 0 Å². The molecular weight excluding hydrogens is 431 g/mol. The van der Waals surface area contributed by atoms with E-state index in [0.29, 0.717) is 0 Å². The Morgan fingerprint density at radius 3 is 0.409 bits per heavy atom. The summed E-state index contributed by atoms with van der Waals surface area (Å²) in [4.78, 5) is 0. The molecule has 0 rings (SSSR count). The zero-order chi connectivity index (χ0) is 16.5. The molecule has 0 aromatic heterocycles. The molecule has 0 aliphatic carbocycles. The summed E-state index contributed by atoms with van der Waals surface area (Å²) in [6.07, 6.45) is 0. The smallest absolute Gasteiger partial charge is 0 e. The van der Waals surface area contributed by atoms with E-state index >= 15 is 0 Å². The first-order valence-corrected chi connectivity index (χ1v) is 8.49. The first-order chi connectivity index (χ1) is 9.66. The van der Waals surface area contributed by atoms with Gasteiger partial charge in [-0.25, -0.2) is 0 Å². The quantitative estimate of drug-likeness (QED) is 0.436. The van der Waals surface area contributed by atoms with E-state index in [4.69, 9.17) is 0 Å². The average molecular weight is 475 g/mol. The van der Waals surface area contributed by atoms with Gasteiger partial charge in [0.1, 0.15) is 0 Å². The minimum absolute atomic E-state index is 0. The second-order valence-electron chi connectivity index (χ2n) is 3.83. The van der Waals surface area contributed by atoms with Crippen molar-refractivity contribution in [1.82, 2.24) is 21.3 Å². The summed E-state index contributed by atoms with van der Waals surface area (Å²) in [5.74, 6) is 0. The van der Waals surface area contributed by atoms with Crippen LogP contribution >= 0.6 is 0 Å². The largest absolute Gasteiger partial charge is 0.317 e. The number of rotatable bonds is 8. The fraction of sp³-hybridized carbons (Fsp3) is 1.00. The molecule has 0 heterocycles. The van der Waals surface area contributed by atoms with Gasteiger partial charge in [-0.3, -0.25) is 0 Å². The molecule has 0 radical (unpaired) electrons. The molecule has 0 aromatic rings. The summed E-state index contributed by atoms with van der Waals surface area (Å²) >= 11 is 0. The molecule has 0 atom stereocenters. The Morgan fingerprint density at radius 2 is 0.409 bits per heavy atom.